The number of halogens is 3. The molecule has 11 nitrogen and oxygen atoms in total. The lowest BCUT2D eigenvalue weighted by Gasteiger charge is -2.13. The first-order valence-corrected chi connectivity index (χ1v) is 12.9. The molecule has 0 aliphatic carbocycles. The van der Waals surface area contributed by atoms with Crippen LogP contribution in [0.5, 0.6) is 17.2 Å². The zero-order valence-corrected chi connectivity index (χ0v) is 22.0. The van der Waals surface area contributed by atoms with Gasteiger partial charge in [0.25, 0.3) is 5.56 Å². The summed E-state index contributed by atoms with van der Waals surface area (Å²) in [7, 11) is 0. The molecular weight excluding hydrogens is 547 g/mol. The molecule has 2 heterocycles. The van der Waals surface area contributed by atoms with Gasteiger partial charge >= 0.3 is 6.36 Å². The summed E-state index contributed by atoms with van der Waals surface area (Å²) in [5.74, 6) is 0.405. The molecule has 220 valence electrons. The smallest absolute Gasteiger partial charge is 0.491 e. The van der Waals surface area contributed by atoms with Gasteiger partial charge in [-0.1, -0.05) is 0 Å². The van der Waals surface area contributed by atoms with Crippen LogP contribution < -0.4 is 25.1 Å². The molecule has 2 aromatic carbocycles. The van der Waals surface area contributed by atoms with Gasteiger partial charge < -0.3 is 29.4 Å². The fourth-order valence-corrected chi connectivity index (χ4v) is 4.01. The summed E-state index contributed by atoms with van der Waals surface area (Å²) >= 11 is 0. The van der Waals surface area contributed by atoms with Crippen molar-refractivity contribution in [3.63, 3.8) is 0 Å². The molecule has 0 saturated carbocycles. The second-order valence-corrected chi connectivity index (χ2v) is 8.92. The van der Waals surface area contributed by atoms with E-state index in [1.807, 2.05) is 12.1 Å². The number of aromatic nitrogens is 4. The van der Waals surface area contributed by atoms with Crippen LogP contribution in [0.25, 0.3) is 22.0 Å². The number of alkyl halides is 3. The van der Waals surface area contributed by atoms with Crippen LogP contribution in [0, 0.1) is 0 Å². The number of hydrogen-bond donors (Lipinski definition) is 4. The van der Waals surface area contributed by atoms with Crippen molar-refractivity contribution in [3.8, 4) is 28.4 Å². The average Bonchev–Trinajstić information content (AvgIpc) is 3.41. The van der Waals surface area contributed by atoms with E-state index in [-0.39, 0.29) is 30.3 Å². The van der Waals surface area contributed by atoms with Crippen molar-refractivity contribution >= 4 is 10.9 Å². The minimum atomic E-state index is -4.82. The number of aliphatic hydroxyl groups is 1. The van der Waals surface area contributed by atoms with E-state index < -0.39 is 6.36 Å². The normalized spacial score (nSPS) is 11.6. The van der Waals surface area contributed by atoms with Crippen LogP contribution in [0.3, 0.4) is 0 Å². The molecule has 0 aliphatic heterocycles. The Morgan fingerprint density at radius 2 is 1.68 bits per heavy atom. The third-order valence-corrected chi connectivity index (χ3v) is 5.76. The molecule has 41 heavy (non-hydrogen) atoms. The number of benzene rings is 2. The van der Waals surface area contributed by atoms with Crippen LogP contribution in [-0.4, -0.2) is 71.4 Å². The molecule has 0 atom stereocenters. The lowest BCUT2D eigenvalue weighted by molar-refractivity contribution is -0.274. The Hall–Kier alpha value is -4.14. The number of aromatic amines is 2. The van der Waals surface area contributed by atoms with E-state index in [4.69, 9.17) is 19.3 Å². The Morgan fingerprint density at radius 1 is 0.854 bits per heavy atom. The Bertz CT molecular complexity index is 1460. The Balaban J connectivity index is 1.16. The van der Waals surface area contributed by atoms with Crippen molar-refractivity contribution < 1.29 is 37.2 Å². The number of nitrogens with one attached hydrogen (secondary N) is 3. The highest BCUT2D eigenvalue weighted by Crippen LogP contribution is 2.31. The number of fused-ring (bicyclic) bond motifs is 1. The molecule has 0 aliphatic rings. The number of rotatable bonds is 16. The topological polar surface area (TPSA) is 144 Å². The lowest BCUT2D eigenvalue weighted by Crippen LogP contribution is -2.18. The van der Waals surface area contributed by atoms with Gasteiger partial charge in [-0.15, -0.1) is 13.2 Å². The summed E-state index contributed by atoms with van der Waals surface area (Å²) in [5.41, 5.74) is 2.43. The van der Waals surface area contributed by atoms with Gasteiger partial charge in [-0.25, -0.2) is 5.10 Å². The summed E-state index contributed by atoms with van der Waals surface area (Å²) in [6.45, 7) is 1.83. The highest BCUT2D eigenvalue weighted by Gasteiger charge is 2.31. The van der Waals surface area contributed by atoms with Crippen molar-refractivity contribution in [3.05, 3.63) is 64.7 Å². The molecule has 0 spiro atoms. The van der Waals surface area contributed by atoms with Gasteiger partial charge in [-0.2, -0.15) is 10.2 Å². The number of hydrogen-bond acceptors (Lipinski definition) is 9. The molecule has 4 N–H and O–H groups in total. The number of aliphatic hydroxyl groups excluding tert-OH is 1. The van der Waals surface area contributed by atoms with Gasteiger partial charge in [0.15, 0.2) is 0 Å². The number of nitrogens with zero attached hydrogens (tertiary/aromatic N) is 2. The molecule has 4 aromatic rings. The third kappa shape index (κ3) is 9.48. The van der Waals surface area contributed by atoms with Gasteiger partial charge in [0.1, 0.15) is 30.5 Å². The van der Waals surface area contributed by atoms with Crippen LogP contribution in [0.1, 0.15) is 18.4 Å². The molecule has 0 saturated heterocycles. The van der Waals surface area contributed by atoms with E-state index in [1.54, 1.807) is 18.5 Å². The van der Waals surface area contributed by atoms with E-state index in [9.17, 15) is 18.0 Å². The standard InChI is InChI=1S/C27H30F3N5O6/c28-27(29,30)41-22-10-18(9-21(14-22)39-6-4-36)15-31-3-1-2-5-38-7-8-40-25-12-19(11-24-23(25)17-33-34-24)20-13-26(37)35-32-16-20/h9-14,16-17,31,36H,1-8,15H2,(H,33,34)(H,35,37). The lowest BCUT2D eigenvalue weighted by atomic mass is 10.1. The Labute approximate surface area is 232 Å². The Morgan fingerprint density at radius 3 is 2.49 bits per heavy atom. The maximum absolute atomic E-state index is 12.6. The quantitative estimate of drug-likeness (QED) is 0.147. The van der Waals surface area contributed by atoms with Crippen LogP contribution >= 0.6 is 0 Å². The molecule has 4 rings (SSSR count). The molecule has 2 aromatic heterocycles. The van der Waals surface area contributed by atoms with Gasteiger partial charge in [-0.3, -0.25) is 9.89 Å². The van der Waals surface area contributed by atoms with Crippen molar-refractivity contribution in [1.82, 2.24) is 25.7 Å². The first kappa shape index (κ1) is 29.8. The van der Waals surface area contributed by atoms with Gasteiger partial charge in [0, 0.05) is 30.8 Å². The predicted molar refractivity (Wildman–Crippen MR) is 143 cm³/mol. The zero-order valence-electron chi connectivity index (χ0n) is 22.0. The molecule has 0 amide bonds. The van der Waals surface area contributed by atoms with Crippen molar-refractivity contribution in [2.75, 3.05) is 39.6 Å². The molecule has 14 heteroatoms. The highest BCUT2D eigenvalue weighted by molar-refractivity contribution is 5.89. The molecule has 0 bridgehead atoms. The first-order chi connectivity index (χ1) is 19.8. The van der Waals surface area contributed by atoms with Gasteiger partial charge in [-0.05, 0) is 54.8 Å². The molecule has 0 unspecified atom stereocenters. The van der Waals surface area contributed by atoms with Crippen LogP contribution in [0.4, 0.5) is 13.2 Å². The number of H-pyrrole nitrogens is 2. The van der Waals surface area contributed by atoms with E-state index in [1.165, 1.54) is 12.1 Å². The molecule has 0 fully saturated rings. The second kappa shape index (κ2) is 14.5. The summed E-state index contributed by atoms with van der Waals surface area (Å²) < 4.78 is 58.8. The van der Waals surface area contributed by atoms with E-state index in [0.29, 0.717) is 49.8 Å². The van der Waals surface area contributed by atoms with Crippen LogP contribution in [0.15, 0.2) is 53.6 Å². The Kier molecular flexibility index (Phi) is 10.5. The number of ether oxygens (including phenoxy) is 4. The predicted octanol–water partition coefficient (Wildman–Crippen LogP) is 3.55. The minimum Gasteiger partial charge on any atom is -0.491 e. The van der Waals surface area contributed by atoms with E-state index >= 15 is 0 Å². The SMILES string of the molecule is O=c1cc(-c2cc(OCCOCCCCNCc3cc(OCCO)cc(OC(F)(F)F)c3)c3cn[nH]c3c2)cn[nH]1. The van der Waals surface area contributed by atoms with Crippen LogP contribution in [-0.2, 0) is 11.3 Å². The van der Waals surface area contributed by atoms with Crippen LogP contribution in [0.2, 0.25) is 0 Å². The highest BCUT2D eigenvalue weighted by atomic mass is 19.4. The van der Waals surface area contributed by atoms with Crippen molar-refractivity contribution in [1.29, 1.82) is 0 Å². The monoisotopic (exact) mass is 577 g/mol. The summed E-state index contributed by atoms with van der Waals surface area (Å²) in [6, 6.07) is 9.17. The average molecular weight is 578 g/mol. The summed E-state index contributed by atoms with van der Waals surface area (Å²) in [6.07, 6.45) is -0.0318. The summed E-state index contributed by atoms with van der Waals surface area (Å²) in [5, 5.41) is 26.1. The van der Waals surface area contributed by atoms with E-state index in [2.05, 4.69) is 30.4 Å². The molecule has 0 radical (unpaired) electrons. The fraction of sp³-hybridized carbons (Fsp3) is 0.370. The minimum absolute atomic E-state index is 0.0406. The van der Waals surface area contributed by atoms with Gasteiger partial charge in [0.05, 0.1) is 36.5 Å². The van der Waals surface area contributed by atoms with Crippen molar-refractivity contribution in [2.24, 2.45) is 0 Å². The largest absolute Gasteiger partial charge is 0.573 e. The number of unbranched alkanes of at least 4 members (excludes halogenated alkanes) is 1. The third-order valence-electron chi connectivity index (χ3n) is 5.76. The first-order valence-electron chi connectivity index (χ1n) is 12.9. The second-order valence-electron chi connectivity index (χ2n) is 8.92. The maximum Gasteiger partial charge on any atom is 0.573 e. The fourth-order valence-electron chi connectivity index (χ4n) is 4.01. The maximum atomic E-state index is 12.6. The molecular formula is C27H30F3N5O6. The van der Waals surface area contributed by atoms with Gasteiger partial charge in [0.2, 0.25) is 0 Å². The van der Waals surface area contributed by atoms with E-state index in [0.717, 1.165) is 35.4 Å². The zero-order chi connectivity index (χ0) is 29.1. The van der Waals surface area contributed by atoms with Crippen molar-refractivity contribution in [2.45, 2.75) is 25.7 Å². The summed E-state index contributed by atoms with van der Waals surface area (Å²) in [4.78, 5) is 11.6.